The molecule has 3 rings (SSSR count). The van der Waals surface area contributed by atoms with Gasteiger partial charge in [-0.25, -0.2) is 0 Å². The standard InChI is InChI=1S/C13H22O/c14-12-3-1-2-10(8-12)13-7-9-4-5-11(13)6-9/h9-14H,1-8H2/t9-,10+,11-,12-,13-/m0/s1. The van der Waals surface area contributed by atoms with E-state index in [2.05, 4.69) is 0 Å². The second kappa shape index (κ2) is 3.52. The van der Waals surface area contributed by atoms with Crippen LogP contribution in [0.1, 0.15) is 51.4 Å². The minimum Gasteiger partial charge on any atom is -0.393 e. The molecule has 3 aliphatic carbocycles. The Morgan fingerprint density at radius 1 is 0.786 bits per heavy atom. The van der Waals surface area contributed by atoms with Crippen molar-refractivity contribution in [1.82, 2.24) is 0 Å². The van der Waals surface area contributed by atoms with Crippen LogP contribution in [0.5, 0.6) is 0 Å². The van der Waals surface area contributed by atoms with E-state index < -0.39 is 0 Å². The van der Waals surface area contributed by atoms with Gasteiger partial charge in [-0.15, -0.1) is 0 Å². The van der Waals surface area contributed by atoms with Crippen molar-refractivity contribution in [2.24, 2.45) is 23.7 Å². The van der Waals surface area contributed by atoms with Crippen LogP contribution in [0.25, 0.3) is 0 Å². The fraction of sp³-hybridized carbons (Fsp3) is 1.00. The third-order valence-electron chi connectivity index (χ3n) is 5.09. The summed E-state index contributed by atoms with van der Waals surface area (Å²) in [4.78, 5) is 0. The van der Waals surface area contributed by atoms with E-state index in [1.807, 2.05) is 0 Å². The van der Waals surface area contributed by atoms with Gasteiger partial charge in [0.1, 0.15) is 0 Å². The van der Waals surface area contributed by atoms with Crippen molar-refractivity contribution in [2.45, 2.75) is 57.5 Å². The number of rotatable bonds is 1. The van der Waals surface area contributed by atoms with Crippen molar-refractivity contribution in [1.29, 1.82) is 0 Å². The summed E-state index contributed by atoms with van der Waals surface area (Å²) in [6.07, 6.45) is 10.9. The van der Waals surface area contributed by atoms with Crippen molar-refractivity contribution in [3.8, 4) is 0 Å². The first-order valence-corrected chi connectivity index (χ1v) is 6.51. The van der Waals surface area contributed by atoms with Crippen LogP contribution in [-0.4, -0.2) is 11.2 Å². The average molecular weight is 194 g/mol. The Morgan fingerprint density at radius 2 is 1.64 bits per heavy atom. The maximum atomic E-state index is 9.71. The zero-order chi connectivity index (χ0) is 9.54. The van der Waals surface area contributed by atoms with E-state index in [9.17, 15) is 5.11 Å². The van der Waals surface area contributed by atoms with Crippen molar-refractivity contribution < 1.29 is 5.11 Å². The van der Waals surface area contributed by atoms with Gasteiger partial charge in [0.15, 0.2) is 0 Å². The second-order valence-electron chi connectivity index (χ2n) is 5.92. The highest BCUT2D eigenvalue weighted by molar-refractivity contribution is 4.94. The van der Waals surface area contributed by atoms with Crippen LogP contribution in [0.3, 0.4) is 0 Å². The second-order valence-corrected chi connectivity index (χ2v) is 5.92. The fourth-order valence-corrected chi connectivity index (χ4v) is 4.46. The summed E-state index contributed by atoms with van der Waals surface area (Å²) in [6.45, 7) is 0. The first kappa shape index (κ1) is 9.21. The third-order valence-corrected chi connectivity index (χ3v) is 5.09. The number of aliphatic hydroxyl groups is 1. The monoisotopic (exact) mass is 194 g/mol. The van der Waals surface area contributed by atoms with Crippen LogP contribution in [0, 0.1) is 23.7 Å². The lowest BCUT2D eigenvalue weighted by atomic mass is 9.72. The van der Waals surface area contributed by atoms with Gasteiger partial charge in [-0.2, -0.15) is 0 Å². The number of aliphatic hydroxyl groups excluding tert-OH is 1. The van der Waals surface area contributed by atoms with E-state index >= 15 is 0 Å². The molecule has 14 heavy (non-hydrogen) atoms. The molecule has 3 fully saturated rings. The van der Waals surface area contributed by atoms with Crippen molar-refractivity contribution in [3.63, 3.8) is 0 Å². The van der Waals surface area contributed by atoms with Crippen LogP contribution >= 0.6 is 0 Å². The molecule has 0 heterocycles. The highest BCUT2D eigenvalue weighted by atomic mass is 16.3. The van der Waals surface area contributed by atoms with Crippen LogP contribution in [0.2, 0.25) is 0 Å². The normalized spacial score (nSPS) is 52.5. The molecule has 0 spiro atoms. The van der Waals surface area contributed by atoms with Crippen molar-refractivity contribution >= 4 is 0 Å². The van der Waals surface area contributed by atoms with Crippen LogP contribution < -0.4 is 0 Å². The minimum atomic E-state index is 0.0351. The zero-order valence-corrected chi connectivity index (χ0v) is 8.99. The molecule has 3 aliphatic rings. The van der Waals surface area contributed by atoms with Gasteiger partial charge < -0.3 is 5.11 Å². The predicted octanol–water partition coefficient (Wildman–Crippen LogP) is 2.97. The molecule has 3 saturated carbocycles. The molecule has 5 atom stereocenters. The van der Waals surface area contributed by atoms with E-state index in [1.54, 1.807) is 0 Å². The zero-order valence-electron chi connectivity index (χ0n) is 8.99. The highest BCUT2D eigenvalue weighted by Gasteiger charge is 2.43. The van der Waals surface area contributed by atoms with Gasteiger partial charge in [-0.1, -0.05) is 12.8 Å². The van der Waals surface area contributed by atoms with Crippen LogP contribution in [0.4, 0.5) is 0 Å². The van der Waals surface area contributed by atoms with Crippen molar-refractivity contribution in [2.75, 3.05) is 0 Å². The number of fused-ring (bicyclic) bond motifs is 2. The van der Waals surface area contributed by atoms with Gasteiger partial charge in [-0.3, -0.25) is 0 Å². The van der Waals surface area contributed by atoms with Gasteiger partial charge in [0.2, 0.25) is 0 Å². The maximum Gasteiger partial charge on any atom is 0.0543 e. The average Bonchev–Trinajstić information content (AvgIpc) is 2.78. The SMILES string of the molecule is O[C@H]1CCC[C@@H]([C@@H]2C[C@H]3CC[C@H]2C3)C1. The molecule has 0 radical (unpaired) electrons. The summed E-state index contributed by atoms with van der Waals surface area (Å²) in [6, 6.07) is 0. The first-order chi connectivity index (χ1) is 6.83. The molecule has 0 saturated heterocycles. The molecular formula is C13H22O. The minimum absolute atomic E-state index is 0.0351. The summed E-state index contributed by atoms with van der Waals surface area (Å²) < 4.78 is 0. The molecule has 0 aromatic rings. The van der Waals surface area contributed by atoms with Gasteiger partial charge in [0, 0.05) is 0 Å². The van der Waals surface area contributed by atoms with Crippen LogP contribution in [0.15, 0.2) is 0 Å². The van der Waals surface area contributed by atoms with Gasteiger partial charge >= 0.3 is 0 Å². The van der Waals surface area contributed by atoms with Gasteiger partial charge in [0.05, 0.1) is 6.10 Å². The van der Waals surface area contributed by atoms with E-state index in [4.69, 9.17) is 0 Å². The van der Waals surface area contributed by atoms with Gasteiger partial charge in [0.25, 0.3) is 0 Å². The summed E-state index contributed by atoms with van der Waals surface area (Å²) in [5, 5.41) is 9.71. The van der Waals surface area contributed by atoms with E-state index in [0.29, 0.717) is 0 Å². The molecule has 2 bridgehead atoms. The topological polar surface area (TPSA) is 20.2 Å². The quantitative estimate of drug-likeness (QED) is 0.680. The molecule has 0 aliphatic heterocycles. The number of hydrogen-bond acceptors (Lipinski definition) is 1. The fourth-order valence-electron chi connectivity index (χ4n) is 4.46. The molecule has 0 aromatic carbocycles. The number of hydrogen-bond donors (Lipinski definition) is 1. The molecular weight excluding hydrogens is 172 g/mol. The summed E-state index contributed by atoms with van der Waals surface area (Å²) in [7, 11) is 0. The lowest BCUT2D eigenvalue weighted by molar-refractivity contribution is 0.0650. The predicted molar refractivity (Wildman–Crippen MR) is 56.9 cm³/mol. The summed E-state index contributed by atoms with van der Waals surface area (Å²) >= 11 is 0. The summed E-state index contributed by atoms with van der Waals surface area (Å²) in [5.41, 5.74) is 0. The van der Waals surface area contributed by atoms with E-state index in [0.717, 1.165) is 36.5 Å². The smallest absolute Gasteiger partial charge is 0.0543 e. The Kier molecular flexibility index (Phi) is 2.31. The Morgan fingerprint density at radius 3 is 2.29 bits per heavy atom. The molecule has 1 N–H and O–H groups in total. The van der Waals surface area contributed by atoms with E-state index in [-0.39, 0.29) is 6.10 Å². The molecule has 0 aromatic heterocycles. The Balaban J connectivity index is 1.65. The lowest BCUT2D eigenvalue weighted by Gasteiger charge is -2.35. The molecule has 80 valence electrons. The largest absolute Gasteiger partial charge is 0.393 e. The van der Waals surface area contributed by atoms with Gasteiger partial charge in [-0.05, 0) is 62.2 Å². The molecule has 0 unspecified atom stereocenters. The Bertz CT molecular complexity index is 213. The van der Waals surface area contributed by atoms with Crippen LogP contribution in [-0.2, 0) is 0 Å². The molecule has 1 heteroatoms. The lowest BCUT2D eigenvalue weighted by Crippen LogP contribution is -2.28. The molecule has 0 amide bonds. The Labute approximate surface area is 86.9 Å². The highest BCUT2D eigenvalue weighted by Crippen LogP contribution is 2.53. The maximum absolute atomic E-state index is 9.71. The Hall–Kier alpha value is -0.0400. The summed E-state index contributed by atoms with van der Waals surface area (Å²) in [5.74, 6) is 4.01. The van der Waals surface area contributed by atoms with E-state index in [1.165, 1.54) is 38.5 Å². The molecule has 1 nitrogen and oxygen atoms in total. The van der Waals surface area contributed by atoms with Crippen molar-refractivity contribution in [3.05, 3.63) is 0 Å². The first-order valence-electron chi connectivity index (χ1n) is 6.51. The third kappa shape index (κ3) is 1.50.